The molecular weight excluding hydrogens is 558 g/mol. The van der Waals surface area contributed by atoms with Crippen LogP contribution in [0.25, 0.3) is 0 Å². The van der Waals surface area contributed by atoms with Crippen molar-refractivity contribution in [1.82, 2.24) is 14.7 Å². The number of aliphatic hydroxyl groups excluding tert-OH is 1. The van der Waals surface area contributed by atoms with Crippen molar-refractivity contribution in [3.05, 3.63) is 25.3 Å². The van der Waals surface area contributed by atoms with Crippen LogP contribution in [-0.2, 0) is 28.6 Å². The molecule has 0 radical (unpaired) electrons. The average molecular weight is 599 g/mol. The number of alkyl halides is 1. The standard InChI is InChI=1S/C27H40BrN3O7/c1-3-5-6-7-15-37-26(35)20-21-24(33)31(11-14-32)23(27(21)18-19(28)22(20)38-27)25(34)30(8-4-2)10-9-29-12-16-36-17-13-29/h3-4,19-23,32H,1-2,5-18H2/t19?,20-,21-,22-,23?,27?/m0/s1. The minimum atomic E-state index is -1.16. The second kappa shape index (κ2) is 13.0. The first-order valence-electron chi connectivity index (χ1n) is 13.6. The van der Waals surface area contributed by atoms with Crippen molar-refractivity contribution < 1.29 is 33.7 Å². The van der Waals surface area contributed by atoms with E-state index in [0.717, 1.165) is 25.9 Å². The van der Waals surface area contributed by atoms with Crippen molar-refractivity contribution in [2.75, 3.05) is 65.7 Å². The lowest BCUT2D eigenvalue weighted by molar-refractivity contribution is -0.155. The SMILES string of the molecule is C=CCCCCOC(=O)[C@H]1[C@H]2C(=O)N(CCO)C(C(=O)N(CC=C)CCN3CCOCC3)C23CC(Br)[C@@H]1O3. The number of halogens is 1. The van der Waals surface area contributed by atoms with E-state index in [9.17, 15) is 19.5 Å². The molecule has 0 aromatic carbocycles. The van der Waals surface area contributed by atoms with E-state index in [4.69, 9.17) is 14.2 Å². The normalized spacial score (nSPS) is 32.3. The number of carbonyl (C=O) groups is 3. The van der Waals surface area contributed by atoms with Gasteiger partial charge in [0.05, 0.1) is 44.4 Å². The minimum absolute atomic E-state index is 0.0107. The van der Waals surface area contributed by atoms with Crippen LogP contribution >= 0.6 is 15.9 Å². The third-order valence-corrected chi connectivity index (χ3v) is 8.98. The van der Waals surface area contributed by atoms with E-state index in [1.807, 2.05) is 6.08 Å². The van der Waals surface area contributed by atoms with E-state index in [1.54, 1.807) is 11.0 Å². The number of β-amino-alcohol motifs (C(OH)–C–C–N with tert-alkyl or cyclic N) is 1. The summed E-state index contributed by atoms with van der Waals surface area (Å²) in [5.41, 5.74) is -1.16. The molecule has 4 aliphatic rings. The van der Waals surface area contributed by atoms with E-state index < -0.39 is 35.6 Å². The first-order chi connectivity index (χ1) is 18.4. The number of likely N-dealkylation sites (tertiary alicyclic amines) is 1. The molecule has 1 N–H and O–H groups in total. The van der Waals surface area contributed by atoms with Crippen LogP contribution in [0.3, 0.4) is 0 Å². The van der Waals surface area contributed by atoms with Gasteiger partial charge in [-0.15, -0.1) is 13.2 Å². The third kappa shape index (κ3) is 5.58. The highest BCUT2D eigenvalue weighted by atomic mass is 79.9. The van der Waals surface area contributed by atoms with Crippen LogP contribution in [0.5, 0.6) is 0 Å². The number of hydrogen-bond acceptors (Lipinski definition) is 8. The Morgan fingerprint density at radius 2 is 1.97 bits per heavy atom. The number of amides is 2. The second-order valence-electron chi connectivity index (χ2n) is 10.4. The number of aliphatic hydroxyl groups is 1. The predicted molar refractivity (Wildman–Crippen MR) is 144 cm³/mol. The van der Waals surface area contributed by atoms with E-state index >= 15 is 0 Å². The Kier molecular flexibility index (Phi) is 10.0. The molecule has 38 heavy (non-hydrogen) atoms. The zero-order valence-electron chi connectivity index (χ0n) is 22.0. The Morgan fingerprint density at radius 1 is 1.21 bits per heavy atom. The summed E-state index contributed by atoms with van der Waals surface area (Å²) >= 11 is 3.66. The van der Waals surface area contributed by atoms with Gasteiger partial charge < -0.3 is 29.1 Å². The van der Waals surface area contributed by atoms with Crippen LogP contribution in [0, 0.1) is 11.8 Å². The van der Waals surface area contributed by atoms with Crippen LogP contribution in [0.15, 0.2) is 25.3 Å². The maximum Gasteiger partial charge on any atom is 0.312 e. The van der Waals surface area contributed by atoms with Crippen LogP contribution in [-0.4, -0.2) is 126 Å². The lowest BCUT2D eigenvalue weighted by atomic mass is 9.70. The fraction of sp³-hybridized carbons (Fsp3) is 0.741. The van der Waals surface area contributed by atoms with E-state index in [2.05, 4.69) is 34.0 Å². The highest BCUT2D eigenvalue weighted by Crippen LogP contribution is 2.60. The Hall–Kier alpha value is -1.79. The monoisotopic (exact) mass is 597 g/mol. The van der Waals surface area contributed by atoms with Crippen LogP contribution in [0.1, 0.15) is 25.7 Å². The zero-order chi connectivity index (χ0) is 27.3. The Labute approximate surface area is 233 Å². The Morgan fingerprint density at radius 3 is 2.66 bits per heavy atom. The third-order valence-electron chi connectivity index (χ3n) is 8.13. The van der Waals surface area contributed by atoms with Crippen LogP contribution in [0.4, 0.5) is 0 Å². The minimum Gasteiger partial charge on any atom is -0.465 e. The Bertz CT molecular complexity index is 898. The van der Waals surface area contributed by atoms with Gasteiger partial charge in [0.2, 0.25) is 11.8 Å². The number of hydrogen-bond donors (Lipinski definition) is 1. The van der Waals surface area contributed by atoms with Gasteiger partial charge in [0.25, 0.3) is 0 Å². The molecule has 4 saturated heterocycles. The van der Waals surface area contributed by atoms with Gasteiger partial charge in [-0.05, 0) is 25.7 Å². The number of unbranched alkanes of at least 4 members (excludes halogenated alkanes) is 2. The Balaban J connectivity index is 1.55. The van der Waals surface area contributed by atoms with Crippen LogP contribution in [0.2, 0.25) is 0 Å². The fourth-order valence-corrected chi connectivity index (χ4v) is 7.34. The van der Waals surface area contributed by atoms with Gasteiger partial charge >= 0.3 is 5.97 Å². The highest BCUT2D eigenvalue weighted by Gasteiger charge is 2.77. The summed E-state index contributed by atoms with van der Waals surface area (Å²) in [6, 6.07) is -0.938. The summed E-state index contributed by atoms with van der Waals surface area (Å²) < 4.78 is 17.5. The number of morpholine rings is 1. The van der Waals surface area contributed by atoms with Gasteiger partial charge in [0.15, 0.2) is 0 Å². The molecule has 2 bridgehead atoms. The number of ether oxygens (including phenoxy) is 3. The molecule has 10 nitrogen and oxygen atoms in total. The molecule has 0 aromatic heterocycles. The summed E-state index contributed by atoms with van der Waals surface area (Å²) in [4.78, 5) is 46.4. The number of esters is 1. The van der Waals surface area contributed by atoms with Gasteiger partial charge in [-0.2, -0.15) is 0 Å². The summed E-state index contributed by atoms with van der Waals surface area (Å²) in [6.45, 7) is 11.9. The molecule has 0 aliphatic carbocycles. The average Bonchev–Trinajstić information content (AvgIpc) is 3.50. The van der Waals surface area contributed by atoms with Crippen molar-refractivity contribution in [1.29, 1.82) is 0 Å². The molecule has 4 rings (SSSR count). The molecule has 1 spiro atoms. The number of nitrogens with zero attached hydrogens (tertiary/aromatic N) is 3. The molecule has 6 atom stereocenters. The molecule has 4 fully saturated rings. The molecule has 3 unspecified atom stereocenters. The largest absolute Gasteiger partial charge is 0.465 e. The second-order valence-corrected chi connectivity index (χ2v) is 11.6. The smallest absolute Gasteiger partial charge is 0.312 e. The first-order valence-corrected chi connectivity index (χ1v) is 14.5. The zero-order valence-corrected chi connectivity index (χ0v) is 23.6. The quantitative estimate of drug-likeness (QED) is 0.137. The van der Waals surface area contributed by atoms with E-state index in [0.29, 0.717) is 45.7 Å². The van der Waals surface area contributed by atoms with Gasteiger partial charge in [-0.3, -0.25) is 19.3 Å². The van der Waals surface area contributed by atoms with Gasteiger partial charge in [0, 0.05) is 44.1 Å². The number of carbonyl (C=O) groups excluding carboxylic acids is 3. The lowest BCUT2D eigenvalue weighted by Gasteiger charge is -2.37. The highest BCUT2D eigenvalue weighted by molar-refractivity contribution is 9.09. The van der Waals surface area contributed by atoms with Crippen molar-refractivity contribution >= 4 is 33.7 Å². The molecule has 0 saturated carbocycles. The molecule has 4 aliphatic heterocycles. The molecule has 2 amide bonds. The van der Waals surface area contributed by atoms with Crippen molar-refractivity contribution in [3.63, 3.8) is 0 Å². The van der Waals surface area contributed by atoms with Gasteiger partial charge in [-0.25, -0.2) is 0 Å². The van der Waals surface area contributed by atoms with E-state index in [1.165, 1.54) is 4.90 Å². The number of allylic oxidation sites excluding steroid dienone is 1. The number of rotatable bonds is 14. The molecular formula is C27H40BrN3O7. The summed E-state index contributed by atoms with van der Waals surface area (Å²) in [5, 5.41) is 9.80. The van der Waals surface area contributed by atoms with Gasteiger partial charge in [-0.1, -0.05) is 28.1 Å². The van der Waals surface area contributed by atoms with Crippen molar-refractivity contribution in [2.45, 2.75) is 48.3 Å². The molecule has 212 valence electrons. The van der Waals surface area contributed by atoms with Gasteiger partial charge in [0.1, 0.15) is 11.6 Å². The molecule has 11 heteroatoms. The maximum absolute atomic E-state index is 14.2. The molecule has 4 heterocycles. The summed E-state index contributed by atoms with van der Waals surface area (Å²) in [6.07, 6.45) is 5.76. The topological polar surface area (TPSA) is 109 Å². The first kappa shape index (κ1) is 29.2. The molecule has 0 aromatic rings. The van der Waals surface area contributed by atoms with Crippen molar-refractivity contribution in [2.24, 2.45) is 11.8 Å². The van der Waals surface area contributed by atoms with E-state index in [-0.39, 0.29) is 36.4 Å². The van der Waals surface area contributed by atoms with Crippen LogP contribution < -0.4 is 0 Å². The fourth-order valence-electron chi connectivity index (χ4n) is 6.39. The van der Waals surface area contributed by atoms with Crippen molar-refractivity contribution in [3.8, 4) is 0 Å². The summed E-state index contributed by atoms with van der Waals surface area (Å²) in [7, 11) is 0. The number of fused-ring (bicyclic) bond motifs is 1. The lowest BCUT2D eigenvalue weighted by Crippen LogP contribution is -2.58. The summed E-state index contributed by atoms with van der Waals surface area (Å²) in [5.74, 6) is -2.68. The maximum atomic E-state index is 14.2. The predicted octanol–water partition coefficient (Wildman–Crippen LogP) is 0.973.